The van der Waals surface area contributed by atoms with Crippen molar-refractivity contribution in [2.24, 2.45) is 5.41 Å². The van der Waals surface area contributed by atoms with Crippen LogP contribution in [0.1, 0.15) is 12.8 Å². The van der Waals surface area contributed by atoms with Crippen molar-refractivity contribution in [1.29, 1.82) is 0 Å². The lowest BCUT2D eigenvalue weighted by Crippen LogP contribution is -2.40. The Balaban J connectivity index is 2.36. The van der Waals surface area contributed by atoms with Crippen LogP contribution in [0.4, 0.5) is 0 Å². The van der Waals surface area contributed by atoms with Gasteiger partial charge in [0.25, 0.3) is 0 Å². The lowest BCUT2D eigenvalue weighted by molar-refractivity contribution is -0.158. The number of methoxy groups -OCH3 is 1. The van der Waals surface area contributed by atoms with Crippen LogP contribution >= 0.6 is 0 Å². The molecule has 2 heterocycles. The molecule has 76 valence electrons. The van der Waals surface area contributed by atoms with E-state index in [4.69, 9.17) is 4.74 Å². The van der Waals surface area contributed by atoms with E-state index < -0.39 is 11.4 Å². The highest BCUT2D eigenvalue weighted by Gasteiger charge is 2.53. The predicted octanol–water partition coefficient (Wildman–Crippen LogP) is 0.338. The van der Waals surface area contributed by atoms with Crippen molar-refractivity contribution in [2.45, 2.75) is 12.8 Å². The summed E-state index contributed by atoms with van der Waals surface area (Å²) in [5, 5.41) is 0. The largest absolute Gasteiger partial charge is 0.468 e. The molecule has 0 radical (unpaired) electrons. The van der Waals surface area contributed by atoms with Gasteiger partial charge in [-0.25, -0.2) is 0 Å². The van der Waals surface area contributed by atoms with Crippen molar-refractivity contribution in [2.75, 3.05) is 20.2 Å². The number of carbonyl (C=O) groups is 2. The zero-order chi connectivity index (χ0) is 10.2. The molecule has 0 aromatic heterocycles. The second-order valence-electron chi connectivity index (χ2n) is 3.75. The number of amides is 1. The summed E-state index contributed by atoms with van der Waals surface area (Å²) in [4.78, 5) is 25.2. The quantitative estimate of drug-likeness (QED) is 0.344. The maximum atomic E-state index is 11.9. The molecule has 0 spiro atoms. The van der Waals surface area contributed by atoms with E-state index in [9.17, 15) is 9.59 Å². The fourth-order valence-electron chi connectivity index (χ4n) is 2.15. The van der Waals surface area contributed by atoms with Gasteiger partial charge in [-0.2, -0.15) is 0 Å². The summed E-state index contributed by atoms with van der Waals surface area (Å²) in [7, 11) is 1.33. The number of rotatable bonds is 1. The summed E-state index contributed by atoms with van der Waals surface area (Å²) in [6.45, 7) is 1.29. The first-order chi connectivity index (χ1) is 6.70. The first kappa shape index (κ1) is 9.24. The Morgan fingerprint density at radius 2 is 2.36 bits per heavy atom. The van der Waals surface area contributed by atoms with Crippen molar-refractivity contribution in [3.63, 3.8) is 0 Å². The number of carbonyl (C=O) groups excluding carboxylic acids is 2. The molecule has 2 aliphatic heterocycles. The van der Waals surface area contributed by atoms with Gasteiger partial charge >= 0.3 is 5.97 Å². The molecule has 2 bridgehead atoms. The lowest BCUT2D eigenvalue weighted by atomic mass is 9.83. The molecule has 1 atom stereocenters. The molecule has 2 rings (SSSR count). The Hall–Kier alpha value is -1.32. The van der Waals surface area contributed by atoms with Gasteiger partial charge in [-0.15, -0.1) is 0 Å². The standard InChI is InChI=1S/C10H13NO3/c1-14-9(13)10-4-2-3-6-11(7-5-10)8(10)12/h2-3H,4-7H2,1H3/t10-/m0/s1. The Bertz CT molecular complexity index is 310. The molecule has 0 unspecified atom stereocenters. The summed E-state index contributed by atoms with van der Waals surface area (Å²) in [6, 6.07) is 0. The van der Waals surface area contributed by atoms with Crippen LogP contribution in [0.25, 0.3) is 0 Å². The molecule has 14 heavy (non-hydrogen) atoms. The van der Waals surface area contributed by atoms with Gasteiger partial charge in [-0.3, -0.25) is 9.59 Å². The van der Waals surface area contributed by atoms with E-state index in [0.717, 1.165) is 0 Å². The average Bonchev–Trinajstić information content (AvgIpc) is 2.37. The molecule has 1 saturated heterocycles. The van der Waals surface area contributed by atoms with E-state index in [1.165, 1.54) is 7.11 Å². The van der Waals surface area contributed by atoms with Gasteiger partial charge in [-0.05, 0) is 12.8 Å². The third-order valence-corrected chi connectivity index (χ3v) is 3.04. The summed E-state index contributed by atoms with van der Waals surface area (Å²) in [5.41, 5.74) is -0.915. The van der Waals surface area contributed by atoms with Gasteiger partial charge in [0.15, 0.2) is 5.41 Å². The molecule has 1 fully saturated rings. The molecule has 0 aromatic rings. The molecular formula is C10H13NO3. The monoisotopic (exact) mass is 195 g/mol. The summed E-state index contributed by atoms with van der Waals surface area (Å²) in [6.07, 6.45) is 4.90. The number of allylic oxidation sites excluding steroid dienone is 1. The van der Waals surface area contributed by atoms with Gasteiger partial charge in [0.1, 0.15) is 0 Å². The van der Waals surface area contributed by atoms with Gasteiger partial charge in [0.05, 0.1) is 7.11 Å². The van der Waals surface area contributed by atoms with Crippen molar-refractivity contribution in [3.8, 4) is 0 Å². The van der Waals surface area contributed by atoms with E-state index in [2.05, 4.69) is 0 Å². The zero-order valence-corrected chi connectivity index (χ0v) is 8.16. The highest BCUT2D eigenvalue weighted by atomic mass is 16.5. The second-order valence-corrected chi connectivity index (χ2v) is 3.75. The van der Waals surface area contributed by atoms with Crippen molar-refractivity contribution in [1.82, 2.24) is 4.90 Å². The minimum atomic E-state index is -0.915. The topological polar surface area (TPSA) is 46.6 Å². The summed E-state index contributed by atoms with van der Waals surface area (Å²) >= 11 is 0. The molecular weight excluding hydrogens is 182 g/mol. The Labute approximate surface area is 82.5 Å². The second kappa shape index (κ2) is 3.12. The van der Waals surface area contributed by atoms with Crippen LogP contribution in [0.3, 0.4) is 0 Å². The maximum Gasteiger partial charge on any atom is 0.321 e. The minimum absolute atomic E-state index is 0.0747. The first-order valence-electron chi connectivity index (χ1n) is 4.73. The smallest absolute Gasteiger partial charge is 0.321 e. The van der Waals surface area contributed by atoms with Gasteiger partial charge in [0.2, 0.25) is 5.91 Å². The Morgan fingerprint density at radius 3 is 3.07 bits per heavy atom. The molecule has 4 heteroatoms. The van der Waals surface area contributed by atoms with Gasteiger partial charge in [-0.1, -0.05) is 12.2 Å². The van der Waals surface area contributed by atoms with Crippen LogP contribution in [0.2, 0.25) is 0 Å². The third kappa shape index (κ3) is 1.06. The van der Waals surface area contributed by atoms with Crippen LogP contribution in [0.15, 0.2) is 12.2 Å². The van der Waals surface area contributed by atoms with Gasteiger partial charge < -0.3 is 9.64 Å². The number of esters is 1. The molecule has 4 nitrogen and oxygen atoms in total. The molecule has 1 amide bonds. The van der Waals surface area contributed by atoms with E-state index in [-0.39, 0.29) is 5.91 Å². The van der Waals surface area contributed by atoms with Crippen LogP contribution in [0, 0.1) is 5.41 Å². The van der Waals surface area contributed by atoms with Crippen LogP contribution < -0.4 is 0 Å². The molecule has 2 aliphatic rings. The zero-order valence-electron chi connectivity index (χ0n) is 8.16. The Morgan fingerprint density at radius 1 is 1.57 bits per heavy atom. The summed E-state index contributed by atoms with van der Waals surface area (Å²) in [5.74, 6) is -0.467. The maximum absolute atomic E-state index is 11.9. The summed E-state index contributed by atoms with van der Waals surface area (Å²) < 4.78 is 4.72. The fourth-order valence-corrected chi connectivity index (χ4v) is 2.15. The molecule has 0 aliphatic carbocycles. The normalized spacial score (nSPS) is 30.4. The third-order valence-electron chi connectivity index (χ3n) is 3.04. The molecule has 0 N–H and O–H groups in total. The van der Waals surface area contributed by atoms with E-state index in [0.29, 0.717) is 25.9 Å². The lowest BCUT2D eigenvalue weighted by Gasteiger charge is -2.21. The SMILES string of the molecule is COC(=O)[C@@]12CC=CCN(CC1)C2=O. The van der Waals surface area contributed by atoms with Crippen molar-refractivity contribution >= 4 is 11.9 Å². The van der Waals surface area contributed by atoms with E-state index >= 15 is 0 Å². The van der Waals surface area contributed by atoms with Gasteiger partial charge in [0, 0.05) is 13.1 Å². The predicted molar refractivity (Wildman–Crippen MR) is 49.4 cm³/mol. The number of hydrogen-bond acceptors (Lipinski definition) is 3. The van der Waals surface area contributed by atoms with E-state index in [1.807, 2.05) is 12.2 Å². The number of ether oxygens (including phenoxy) is 1. The average molecular weight is 195 g/mol. The Kier molecular flexibility index (Phi) is 2.06. The number of fused-ring (bicyclic) bond motifs is 2. The fraction of sp³-hybridized carbons (Fsp3) is 0.600. The first-order valence-corrected chi connectivity index (χ1v) is 4.73. The van der Waals surface area contributed by atoms with Crippen LogP contribution in [-0.4, -0.2) is 37.0 Å². The van der Waals surface area contributed by atoms with Crippen molar-refractivity contribution < 1.29 is 14.3 Å². The molecule has 0 aromatic carbocycles. The minimum Gasteiger partial charge on any atom is -0.468 e. The molecule has 0 saturated carbocycles. The number of hydrogen-bond donors (Lipinski definition) is 0. The highest BCUT2D eigenvalue weighted by Crippen LogP contribution is 2.38. The van der Waals surface area contributed by atoms with Crippen LogP contribution in [-0.2, 0) is 14.3 Å². The highest BCUT2D eigenvalue weighted by molar-refractivity contribution is 6.04. The van der Waals surface area contributed by atoms with E-state index in [1.54, 1.807) is 4.90 Å². The number of nitrogens with zero attached hydrogens (tertiary/aromatic N) is 1. The van der Waals surface area contributed by atoms with Crippen LogP contribution in [0.5, 0.6) is 0 Å². The van der Waals surface area contributed by atoms with Crippen molar-refractivity contribution in [3.05, 3.63) is 12.2 Å².